The van der Waals surface area contributed by atoms with E-state index in [1.165, 1.54) is 20.3 Å². The molecule has 1 heterocycles. The molecule has 0 amide bonds. The molecule has 0 spiro atoms. The number of hydrogen-bond acceptors (Lipinski definition) is 9. The summed E-state index contributed by atoms with van der Waals surface area (Å²) in [7, 11) is 2.65. The number of carbonyl (C=O) groups excluding carboxylic acids is 3. The van der Waals surface area contributed by atoms with Crippen molar-refractivity contribution < 1.29 is 42.8 Å². The van der Waals surface area contributed by atoms with Crippen LogP contribution in [0.4, 0.5) is 4.79 Å². The third-order valence-electron chi connectivity index (χ3n) is 3.56. The largest absolute Gasteiger partial charge is 0.508 e. The van der Waals surface area contributed by atoms with E-state index in [1.54, 1.807) is 24.3 Å². The molecule has 0 aromatic heterocycles. The molecule has 150 valence electrons. The van der Waals surface area contributed by atoms with Gasteiger partial charge in [0, 0.05) is 0 Å². The van der Waals surface area contributed by atoms with Gasteiger partial charge in [-0.25, -0.2) is 14.4 Å². The Morgan fingerprint density at radius 1 is 1.21 bits per heavy atom. The molecule has 1 unspecified atom stereocenters. The number of cyclic esters (lactones) is 2. The van der Waals surface area contributed by atoms with Gasteiger partial charge in [0.25, 0.3) is 0 Å². The Balaban J connectivity index is 1.96. The highest BCUT2D eigenvalue weighted by Gasteiger charge is 2.27. The average molecular weight is 392 g/mol. The van der Waals surface area contributed by atoms with Crippen LogP contribution in [0, 0.1) is 0 Å². The van der Waals surface area contributed by atoms with Gasteiger partial charge >= 0.3 is 18.1 Å². The third kappa shape index (κ3) is 6.04. The van der Waals surface area contributed by atoms with Crippen molar-refractivity contribution in [2.45, 2.75) is 12.7 Å². The zero-order valence-corrected chi connectivity index (χ0v) is 15.5. The summed E-state index contributed by atoms with van der Waals surface area (Å²) in [4.78, 5) is 34.5. The van der Waals surface area contributed by atoms with Gasteiger partial charge in [0.1, 0.15) is 19.8 Å². The third-order valence-corrected chi connectivity index (χ3v) is 3.56. The first-order valence-electron chi connectivity index (χ1n) is 8.18. The standard InChI is InChI=1S/C19H20O9/c1-12(23-2)17(20)25-9-14-6-4-5-13(7-14)8-16(24-3)18(21)26-10-15-11-27-19(22)28-15/h4-8,15H,1,9-11H2,2-3H3/b16-8+. The van der Waals surface area contributed by atoms with E-state index in [0.29, 0.717) is 11.1 Å². The second-order valence-corrected chi connectivity index (χ2v) is 5.56. The maximum absolute atomic E-state index is 12.1. The van der Waals surface area contributed by atoms with Gasteiger partial charge < -0.3 is 28.4 Å². The Morgan fingerprint density at radius 2 is 2.00 bits per heavy atom. The van der Waals surface area contributed by atoms with Crippen LogP contribution in [0.2, 0.25) is 0 Å². The molecule has 0 N–H and O–H groups in total. The van der Waals surface area contributed by atoms with Crippen LogP contribution in [0.25, 0.3) is 6.08 Å². The minimum absolute atomic E-state index is 0.00268. The highest BCUT2D eigenvalue weighted by Crippen LogP contribution is 2.14. The summed E-state index contributed by atoms with van der Waals surface area (Å²) in [6.45, 7) is 3.29. The van der Waals surface area contributed by atoms with E-state index in [1.807, 2.05) is 0 Å². The van der Waals surface area contributed by atoms with Gasteiger partial charge in [0.2, 0.25) is 5.76 Å². The molecular weight excluding hydrogens is 372 g/mol. The monoisotopic (exact) mass is 392 g/mol. The number of rotatable bonds is 9. The first-order valence-corrected chi connectivity index (χ1v) is 8.18. The van der Waals surface area contributed by atoms with Gasteiger partial charge in [-0.1, -0.05) is 18.2 Å². The summed E-state index contributed by atoms with van der Waals surface area (Å²) in [5.74, 6) is -1.54. The second-order valence-electron chi connectivity index (χ2n) is 5.56. The van der Waals surface area contributed by atoms with E-state index in [9.17, 15) is 14.4 Å². The molecular formula is C19H20O9. The smallest absolute Gasteiger partial charge is 0.490 e. The molecule has 0 aliphatic carbocycles. The van der Waals surface area contributed by atoms with Crippen LogP contribution < -0.4 is 0 Å². The topological polar surface area (TPSA) is 107 Å². The Bertz CT molecular complexity index is 781. The van der Waals surface area contributed by atoms with Crippen LogP contribution in [0.3, 0.4) is 0 Å². The summed E-state index contributed by atoms with van der Waals surface area (Å²) in [5, 5.41) is 0. The SMILES string of the molecule is C=C(OC)C(=O)OCc1cccc(/C=C(/OC)C(=O)OCC2COC(=O)O2)c1. The lowest BCUT2D eigenvalue weighted by atomic mass is 10.1. The van der Waals surface area contributed by atoms with Crippen molar-refractivity contribution in [1.82, 2.24) is 0 Å². The van der Waals surface area contributed by atoms with Gasteiger partial charge in [-0.15, -0.1) is 0 Å². The van der Waals surface area contributed by atoms with Crippen molar-refractivity contribution in [3.63, 3.8) is 0 Å². The zero-order chi connectivity index (χ0) is 20.5. The van der Waals surface area contributed by atoms with Crippen LogP contribution in [0.15, 0.2) is 42.4 Å². The van der Waals surface area contributed by atoms with Crippen LogP contribution in [-0.4, -0.2) is 51.6 Å². The van der Waals surface area contributed by atoms with Crippen LogP contribution >= 0.6 is 0 Å². The van der Waals surface area contributed by atoms with E-state index < -0.39 is 24.2 Å². The highest BCUT2D eigenvalue weighted by molar-refractivity contribution is 5.91. The minimum atomic E-state index is -0.796. The van der Waals surface area contributed by atoms with Crippen LogP contribution in [0.1, 0.15) is 11.1 Å². The van der Waals surface area contributed by atoms with Gasteiger partial charge in [0.05, 0.1) is 14.2 Å². The molecule has 1 aliphatic heterocycles. The molecule has 1 aliphatic rings. The van der Waals surface area contributed by atoms with Crippen LogP contribution in [-0.2, 0) is 44.6 Å². The molecule has 9 nitrogen and oxygen atoms in total. The predicted octanol–water partition coefficient (Wildman–Crippen LogP) is 1.96. The van der Waals surface area contributed by atoms with E-state index in [0.717, 1.165) is 0 Å². The lowest BCUT2D eigenvalue weighted by Crippen LogP contribution is -2.22. The van der Waals surface area contributed by atoms with Gasteiger partial charge in [0.15, 0.2) is 11.9 Å². The van der Waals surface area contributed by atoms with Crippen molar-refractivity contribution in [2.75, 3.05) is 27.4 Å². The number of esters is 2. The fourth-order valence-electron chi connectivity index (χ4n) is 2.12. The molecule has 28 heavy (non-hydrogen) atoms. The van der Waals surface area contributed by atoms with Crippen molar-refractivity contribution in [3.8, 4) is 0 Å². The number of ether oxygens (including phenoxy) is 6. The maximum atomic E-state index is 12.1. The van der Waals surface area contributed by atoms with Crippen molar-refractivity contribution in [3.05, 3.63) is 53.5 Å². The van der Waals surface area contributed by atoms with E-state index >= 15 is 0 Å². The lowest BCUT2D eigenvalue weighted by molar-refractivity contribution is -0.145. The molecule has 9 heteroatoms. The van der Waals surface area contributed by atoms with E-state index in [-0.39, 0.29) is 31.3 Å². The number of benzene rings is 1. The normalized spacial score (nSPS) is 15.9. The first kappa shape index (κ1) is 20.8. The minimum Gasteiger partial charge on any atom is -0.490 e. The summed E-state index contributed by atoms with van der Waals surface area (Å²) in [5.41, 5.74) is 1.31. The average Bonchev–Trinajstić information content (AvgIpc) is 3.13. The van der Waals surface area contributed by atoms with Crippen LogP contribution in [0.5, 0.6) is 0 Å². The second kappa shape index (κ2) is 10.0. The van der Waals surface area contributed by atoms with Crippen molar-refractivity contribution in [2.24, 2.45) is 0 Å². The fourth-order valence-corrected chi connectivity index (χ4v) is 2.12. The van der Waals surface area contributed by atoms with Gasteiger partial charge in [-0.2, -0.15) is 0 Å². The molecule has 0 saturated carbocycles. The predicted molar refractivity (Wildman–Crippen MR) is 94.6 cm³/mol. The molecule has 1 atom stereocenters. The van der Waals surface area contributed by atoms with E-state index in [4.69, 9.17) is 23.7 Å². The Kier molecular flexibility index (Phi) is 7.44. The summed E-state index contributed by atoms with van der Waals surface area (Å²) < 4.78 is 29.3. The van der Waals surface area contributed by atoms with Crippen molar-refractivity contribution >= 4 is 24.2 Å². The Hall–Kier alpha value is -3.49. The molecule has 0 bridgehead atoms. The Morgan fingerprint density at radius 3 is 2.64 bits per heavy atom. The van der Waals surface area contributed by atoms with Gasteiger partial charge in [-0.3, -0.25) is 0 Å². The molecule has 1 saturated heterocycles. The summed E-state index contributed by atoms with van der Waals surface area (Å²) in [6.07, 6.45) is 0.0309. The van der Waals surface area contributed by atoms with E-state index in [2.05, 4.69) is 11.3 Å². The van der Waals surface area contributed by atoms with Gasteiger partial charge in [-0.05, 0) is 29.8 Å². The molecule has 0 radical (unpaired) electrons. The number of hydrogen-bond donors (Lipinski definition) is 0. The molecule has 1 aromatic rings. The quantitative estimate of drug-likeness (QED) is 0.270. The first-order chi connectivity index (χ1) is 13.4. The fraction of sp³-hybridized carbons (Fsp3) is 0.316. The highest BCUT2D eigenvalue weighted by atomic mass is 16.8. The number of carbonyl (C=O) groups is 3. The zero-order valence-electron chi connectivity index (χ0n) is 15.5. The molecule has 1 fully saturated rings. The Labute approximate surface area is 161 Å². The maximum Gasteiger partial charge on any atom is 0.508 e. The summed E-state index contributed by atoms with van der Waals surface area (Å²) in [6, 6.07) is 6.92. The van der Waals surface area contributed by atoms with Crippen molar-refractivity contribution in [1.29, 1.82) is 0 Å². The molecule has 2 rings (SSSR count). The molecule has 1 aromatic carbocycles. The summed E-state index contributed by atoms with van der Waals surface area (Å²) >= 11 is 0. The number of methoxy groups -OCH3 is 2. The lowest BCUT2D eigenvalue weighted by Gasteiger charge is -2.10.